The Hall–Kier alpha value is -3.30. The smallest absolute Gasteiger partial charge is 0.297 e. The third-order valence-corrected chi connectivity index (χ3v) is 6.24. The number of carbonyl (C=O) groups excluding carboxylic acids is 2. The minimum atomic E-state index is -0.708. The summed E-state index contributed by atoms with van der Waals surface area (Å²) in [5, 5.41) is 7.90. The summed E-state index contributed by atoms with van der Waals surface area (Å²) in [6, 6.07) is 7.42. The molecule has 4 aromatic rings. The highest BCUT2D eigenvalue weighted by Crippen LogP contribution is 2.42. The van der Waals surface area contributed by atoms with Gasteiger partial charge in [-0.15, -0.1) is 11.3 Å². The fourth-order valence-electron chi connectivity index (χ4n) is 3.79. The van der Waals surface area contributed by atoms with E-state index in [4.69, 9.17) is 9.26 Å². The lowest BCUT2D eigenvalue weighted by atomic mass is 10.0. The van der Waals surface area contributed by atoms with E-state index in [2.05, 4.69) is 20.4 Å². The topological polar surface area (TPSA) is 110 Å². The Morgan fingerprint density at radius 3 is 2.87 bits per heavy atom. The molecule has 5 rings (SSSR count). The number of fused-ring (bicyclic) bond motifs is 2. The molecule has 0 fully saturated rings. The number of hydrogen-bond donors (Lipinski definition) is 2. The van der Waals surface area contributed by atoms with E-state index in [9.17, 15) is 9.59 Å². The van der Waals surface area contributed by atoms with Crippen LogP contribution < -0.4 is 5.32 Å². The number of H-pyrrole nitrogens is 1. The molecule has 0 bridgehead atoms. The monoisotopic (exact) mass is 422 g/mol. The molecule has 9 heteroatoms. The average molecular weight is 422 g/mol. The summed E-state index contributed by atoms with van der Waals surface area (Å²) in [5.74, 6) is -0.474. The third-order valence-electron chi connectivity index (χ3n) is 5.12. The first kappa shape index (κ1) is 18.7. The van der Waals surface area contributed by atoms with Crippen molar-refractivity contribution in [2.75, 3.05) is 11.9 Å². The number of nitrogens with one attached hydrogen (secondary N) is 2. The molecule has 0 atom stereocenters. The first-order valence-electron chi connectivity index (χ1n) is 9.49. The summed E-state index contributed by atoms with van der Waals surface area (Å²) in [7, 11) is 0. The van der Waals surface area contributed by atoms with E-state index < -0.39 is 11.7 Å². The average Bonchev–Trinajstić information content (AvgIpc) is 3.41. The van der Waals surface area contributed by atoms with E-state index in [1.807, 2.05) is 24.3 Å². The maximum Gasteiger partial charge on any atom is 0.297 e. The Morgan fingerprint density at radius 1 is 1.23 bits per heavy atom. The van der Waals surface area contributed by atoms with Gasteiger partial charge in [0.25, 0.3) is 17.6 Å². The molecule has 0 radical (unpaired) electrons. The molecule has 0 unspecified atom stereocenters. The van der Waals surface area contributed by atoms with Crippen LogP contribution in [0.25, 0.3) is 22.4 Å². The summed E-state index contributed by atoms with van der Waals surface area (Å²) in [5.41, 5.74) is 3.54. The van der Waals surface area contributed by atoms with Gasteiger partial charge in [0.05, 0.1) is 24.3 Å². The number of Topliss-reactive ketones (excluding diaryl/α,β-unsaturated/α-hetero) is 1. The normalized spacial score (nSPS) is 13.4. The van der Waals surface area contributed by atoms with Crippen LogP contribution >= 0.6 is 11.3 Å². The molecule has 0 aliphatic carbocycles. The lowest BCUT2D eigenvalue weighted by Gasteiger charge is -2.12. The van der Waals surface area contributed by atoms with Gasteiger partial charge in [-0.05, 0) is 31.9 Å². The number of nitrogens with zero attached hydrogens (tertiary/aromatic N) is 2. The largest absolute Gasteiger partial charge is 0.376 e. The van der Waals surface area contributed by atoms with Crippen LogP contribution in [-0.2, 0) is 22.6 Å². The van der Waals surface area contributed by atoms with Gasteiger partial charge in [-0.2, -0.15) is 4.98 Å². The van der Waals surface area contributed by atoms with Crippen LogP contribution in [0.5, 0.6) is 0 Å². The minimum Gasteiger partial charge on any atom is -0.376 e. The van der Waals surface area contributed by atoms with Crippen molar-refractivity contribution in [3.63, 3.8) is 0 Å². The molecule has 2 N–H and O–H groups in total. The second-order valence-corrected chi connectivity index (χ2v) is 8.22. The van der Waals surface area contributed by atoms with Crippen molar-refractivity contribution in [2.45, 2.75) is 26.9 Å². The van der Waals surface area contributed by atoms with E-state index in [1.165, 1.54) is 11.3 Å². The van der Waals surface area contributed by atoms with Crippen LogP contribution in [-0.4, -0.2) is 33.4 Å². The summed E-state index contributed by atoms with van der Waals surface area (Å²) >= 11 is 1.37. The zero-order valence-corrected chi connectivity index (χ0v) is 17.2. The minimum absolute atomic E-state index is 0.331. The second kappa shape index (κ2) is 7.19. The summed E-state index contributed by atoms with van der Waals surface area (Å²) in [6.45, 7) is 4.54. The highest BCUT2D eigenvalue weighted by molar-refractivity contribution is 7.17. The maximum atomic E-state index is 13.0. The third kappa shape index (κ3) is 3.03. The van der Waals surface area contributed by atoms with Gasteiger partial charge in [-0.1, -0.05) is 23.4 Å². The van der Waals surface area contributed by atoms with Crippen molar-refractivity contribution >= 4 is 38.9 Å². The molecular formula is C21H18N4O4S. The highest BCUT2D eigenvalue weighted by Gasteiger charge is 2.29. The molecule has 152 valence electrons. The van der Waals surface area contributed by atoms with Crippen LogP contribution in [0.2, 0.25) is 0 Å². The molecule has 0 saturated heterocycles. The van der Waals surface area contributed by atoms with Gasteiger partial charge >= 0.3 is 0 Å². The molecule has 3 aromatic heterocycles. The Bertz CT molecular complexity index is 1300. The molecule has 0 saturated carbocycles. The molecule has 4 heterocycles. The lowest BCUT2D eigenvalue weighted by molar-refractivity contribution is -0.112. The van der Waals surface area contributed by atoms with E-state index in [0.717, 1.165) is 21.3 Å². The number of ketones is 1. The van der Waals surface area contributed by atoms with Gasteiger partial charge in [0.15, 0.2) is 5.82 Å². The standard InChI is InChI=1S/C21H18N4O4S/c1-10-16(12-5-3-4-6-14(12)22-10)18(26)19(27)24-21-17(20-23-11(2)25-29-20)13-7-8-28-9-15(13)30-21/h3-6,22H,7-9H2,1-2H3,(H,24,27). The number of aromatic amines is 1. The summed E-state index contributed by atoms with van der Waals surface area (Å²) in [4.78, 5) is 34.4. The van der Waals surface area contributed by atoms with Gasteiger partial charge in [-0.3, -0.25) is 9.59 Å². The van der Waals surface area contributed by atoms with Crippen molar-refractivity contribution in [1.82, 2.24) is 15.1 Å². The maximum absolute atomic E-state index is 13.0. The number of hydrogen-bond acceptors (Lipinski definition) is 7. The molecule has 1 aliphatic heterocycles. The molecule has 8 nitrogen and oxygen atoms in total. The van der Waals surface area contributed by atoms with Gasteiger partial charge in [0, 0.05) is 21.5 Å². The summed E-state index contributed by atoms with van der Waals surface area (Å²) in [6.07, 6.45) is 0.675. The van der Waals surface area contributed by atoms with Crippen LogP contribution in [0.15, 0.2) is 28.8 Å². The number of anilines is 1. The molecular weight excluding hydrogens is 404 g/mol. The number of carbonyl (C=O) groups is 2. The number of aryl methyl sites for hydroxylation is 2. The van der Waals surface area contributed by atoms with Gasteiger partial charge < -0.3 is 19.6 Å². The van der Waals surface area contributed by atoms with Gasteiger partial charge in [-0.25, -0.2) is 0 Å². The van der Waals surface area contributed by atoms with Crippen molar-refractivity contribution in [3.05, 3.63) is 51.8 Å². The zero-order chi connectivity index (χ0) is 20.8. The van der Waals surface area contributed by atoms with Crippen LogP contribution in [0, 0.1) is 13.8 Å². The number of ether oxygens (including phenoxy) is 1. The van der Waals surface area contributed by atoms with Crippen molar-refractivity contribution in [2.24, 2.45) is 0 Å². The van der Waals surface area contributed by atoms with Crippen molar-refractivity contribution < 1.29 is 18.8 Å². The highest BCUT2D eigenvalue weighted by atomic mass is 32.1. The van der Waals surface area contributed by atoms with E-state index in [-0.39, 0.29) is 0 Å². The van der Waals surface area contributed by atoms with Gasteiger partial charge in [0.2, 0.25) is 0 Å². The van der Waals surface area contributed by atoms with Crippen molar-refractivity contribution in [1.29, 1.82) is 0 Å². The Labute approximate surface area is 175 Å². The molecule has 30 heavy (non-hydrogen) atoms. The predicted molar refractivity (Wildman–Crippen MR) is 112 cm³/mol. The number of aromatic nitrogens is 3. The Kier molecular flexibility index (Phi) is 4.48. The molecule has 0 spiro atoms. The van der Waals surface area contributed by atoms with Crippen molar-refractivity contribution in [3.8, 4) is 11.5 Å². The zero-order valence-electron chi connectivity index (χ0n) is 16.4. The van der Waals surface area contributed by atoms with Crippen LogP contribution in [0.1, 0.15) is 32.3 Å². The van der Waals surface area contributed by atoms with Gasteiger partial charge in [0.1, 0.15) is 5.00 Å². The second-order valence-electron chi connectivity index (χ2n) is 7.11. The summed E-state index contributed by atoms with van der Waals surface area (Å²) < 4.78 is 10.9. The fourth-order valence-corrected chi connectivity index (χ4v) is 4.96. The van der Waals surface area contributed by atoms with Crippen LogP contribution in [0.4, 0.5) is 5.00 Å². The number of para-hydroxylation sites is 1. The number of benzene rings is 1. The predicted octanol–water partition coefficient (Wildman–Crippen LogP) is 3.79. The number of rotatable bonds is 4. The van der Waals surface area contributed by atoms with Crippen LogP contribution in [0.3, 0.4) is 0 Å². The number of amides is 1. The Balaban J connectivity index is 1.52. The molecule has 1 aromatic carbocycles. The van der Waals surface area contributed by atoms with E-state index >= 15 is 0 Å². The SMILES string of the molecule is Cc1noc(-c2c(NC(=O)C(=O)c3c(C)[nH]c4ccccc34)sc3c2CCOC3)n1. The first-order valence-corrected chi connectivity index (χ1v) is 10.3. The quantitative estimate of drug-likeness (QED) is 0.382. The molecule has 1 amide bonds. The number of thiophene rings is 1. The van der Waals surface area contributed by atoms with E-state index in [1.54, 1.807) is 13.8 Å². The van der Waals surface area contributed by atoms with E-state index in [0.29, 0.717) is 53.2 Å². The fraction of sp³-hybridized carbons (Fsp3) is 0.238. The first-order chi connectivity index (χ1) is 14.5. The Morgan fingerprint density at radius 2 is 2.07 bits per heavy atom. The lowest BCUT2D eigenvalue weighted by Crippen LogP contribution is -2.23. The molecule has 1 aliphatic rings.